The SMILES string of the molecule is O=Cc1nc(CBr)cc(OC(F)(F)F)c1C(F)F. The number of halogens is 6. The molecule has 0 saturated carbocycles. The maximum atomic E-state index is 12.6. The van der Waals surface area contributed by atoms with E-state index in [1.54, 1.807) is 0 Å². The van der Waals surface area contributed by atoms with Crippen molar-refractivity contribution < 1.29 is 31.5 Å². The first-order chi connectivity index (χ1) is 8.28. The van der Waals surface area contributed by atoms with Crippen molar-refractivity contribution in [2.45, 2.75) is 18.1 Å². The van der Waals surface area contributed by atoms with Gasteiger partial charge < -0.3 is 4.74 Å². The Morgan fingerprint density at radius 1 is 1.44 bits per heavy atom. The largest absolute Gasteiger partial charge is 0.573 e. The van der Waals surface area contributed by atoms with E-state index in [1.807, 2.05) is 0 Å². The Labute approximate surface area is 106 Å². The summed E-state index contributed by atoms with van der Waals surface area (Å²) in [6, 6.07) is 0.705. The van der Waals surface area contributed by atoms with Gasteiger partial charge in [-0.2, -0.15) is 0 Å². The fourth-order valence-electron chi connectivity index (χ4n) is 1.19. The van der Waals surface area contributed by atoms with E-state index >= 15 is 0 Å². The predicted molar refractivity (Wildman–Crippen MR) is 53.9 cm³/mol. The van der Waals surface area contributed by atoms with Crippen LogP contribution >= 0.6 is 15.9 Å². The minimum absolute atomic E-state index is 0.00836. The van der Waals surface area contributed by atoms with Crippen LogP contribution in [-0.4, -0.2) is 17.6 Å². The van der Waals surface area contributed by atoms with Gasteiger partial charge >= 0.3 is 6.36 Å². The number of rotatable bonds is 4. The minimum atomic E-state index is -5.13. The van der Waals surface area contributed by atoms with Crippen LogP contribution in [0.15, 0.2) is 6.07 Å². The molecule has 1 heterocycles. The van der Waals surface area contributed by atoms with Crippen LogP contribution in [0.4, 0.5) is 22.0 Å². The molecular formula is C9H5BrF5NO2. The predicted octanol–water partition coefficient (Wildman–Crippen LogP) is 3.63. The molecule has 18 heavy (non-hydrogen) atoms. The lowest BCUT2D eigenvalue weighted by molar-refractivity contribution is -0.275. The maximum absolute atomic E-state index is 12.6. The van der Waals surface area contributed by atoms with E-state index in [2.05, 4.69) is 25.7 Å². The smallest absolute Gasteiger partial charge is 0.405 e. The van der Waals surface area contributed by atoms with Crippen LogP contribution in [0, 0.1) is 0 Å². The molecule has 0 radical (unpaired) electrons. The Hall–Kier alpha value is -1.25. The first-order valence-corrected chi connectivity index (χ1v) is 5.49. The molecule has 0 aliphatic rings. The Balaban J connectivity index is 3.39. The van der Waals surface area contributed by atoms with Gasteiger partial charge in [-0.25, -0.2) is 13.8 Å². The van der Waals surface area contributed by atoms with Crippen molar-refractivity contribution in [3.63, 3.8) is 0 Å². The maximum Gasteiger partial charge on any atom is 0.573 e. The van der Waals surface area contributed by atoms with Crippen molar-refractivity contribution in [2.75, 3.05) is 0 Å². The van der Waals surface area contributed by atoms with Gasteiger partial charge in [0, 0.05) is 11.4 Å². The number of hydrogen-bond donors (Lipinski definition) is 0. The van der Waals surface area contributed by atoms with E-state index in [1.165, 1.54) is 0 Å². The zero-order valence-corrected chi connectivity index (χ0v) is 10.1. The lowest BCUT2D eigenvalue weighted by atomic mass is 10.1. The Kier molecular flexibility index (Phi) is 4.60. The molecule has 0 aliphatic carbocycles. The van der Waals surface area contributed by atoms with E-state index in [9.17, 15) is 26.7 Å². The van der Waals surface area contributed by atoms with Crippen LogP contribution in [0.5, 0.6) is 5.75 Å². The molecule has 0 spiro atoms. The molecule has 0 atom stereocenters. The Morgan fingerprint density at radius 3 is 2.44 bits per heavy atom. The van der Waals surface area contributed by atoms with E-state index in [0.717, 1.165) is 0 Å². The summed E-state index contributed by atoms with van der Waals surface area (Å²) < 4.78 is 64.9. The highest BCUT2D eigenvalue weighted by Gasteiger charge is 2.34. The van der Waals surface area contributed by atoms with Gasteiger partial charge in [0.15, 0.2) is 6.29 Å². The normalized spacial score (nSPS) is 11.7. The number of ether oxygens (including phenoxy) is 1. The highest BCUT2D eigenvalue weighted by molar-refractivity contribution is 9.08. The van der Waals surface area contributed by atoms with Crippen molar-refractivity contribution in [2.24, 2.45) is 0 Å². The monoisotopic (exact) mass is 333 g/mol. The van der Waals surface area contributed by atoms with Gasteiger partial charge in [-0.05, 0) is 0 Å². The van der Waals surface area contributed by atoms with E-state index in [-0.39, 0.29) is 17.3 Å². The van der Waals surface area contributed by atoms with Crippen LogP contribution in [-0.2, 0) is 5.33 Å². The standard InChI is InChI=1S/C9H5BrF5NO2/c10-2-4-1-6(18-9(13,14)15)7(8(11)12)5(3-17)16-4/h1,3,8H,2H2. The number of aromatic nitrogens is 1. The molecule has 0 aromatic carbocycles. The first-order valence-electron chi connectivity index (χ1n) is 4.37. The zero-order valence-electron chi connectivity index (χ0n) is 8.47. The van der Waals surface area contributed by atoms with Gasteiger partial charge in [0.25, 0.3) is 6.43 Å². The Morgan fingerprint density at radius 2 is 2.06 bits per heavy atom. The second-order valence-electron chi connectivity index (χ2n) is 3.01. The van der Waals surface area contributed by atoms with Crippen LogP contribution in [0.2, 0.25) is 0 Å². The number of nitrogens with zero attached hydrogens (tertiary/aromatic N) is 1. The van der Waals surface area contributed by atoms with E-state index in [4.69, 9.17) is 0 Å². The average Bonchev–Trinajstić information content (AvgIpc) is 2.25. The molecule has 1 aromatic heterocycles. The summed E-state index contributed by atoms with van der Waals surface area (Å²) in [4.78, 5) is 14.0. The van der Waals surface area contributed by atoms with Gasteiger partial charge in [-0.3, -0.25) is 4.79 Å². The zero-order chi connectivity index (χ0) is 13.9. The summed E-state index contributed by atoms with van der Waals surface area (Å²) in [5.74, 6) is -1.12. The molecule has 0 N–H and O–H groups in total. The molecule has 9 heteroatoms. The third kappa shape index (κ3) is 3.62. The van der Waals surface area contributed by atoms with E-state index < -0.39 is 29.8 Å². The molecule has 0 amide bonds. The quantitative estimate of drug-likeness (QED) is 0.480. The summed E-state index contributed by atoms with van der Waals surface area (Å²) in [6.07, 6.45) is -8.48. The molecule has 0 saturated heterocycles. The van der Waals surface area contributed by atoms with Gasteiger partial charge in [-0.1, -0.05) is 15.9 Å². The fraction of sp³-hybridized carbons (Fsp3) is 0.333. The number of alkyl halides is 6. The molecule has 0 bridgehead atoms. The molecule has 3 nitrogen and oxygen atoms in total. The molecule has 0 fully saturated rings. The molecule has 0 aliphatic heterocycles. The van der Waals surface area contributed by atoms with Crippen molar-refractivity contribution in [1.82, 2.24) is 4.98 Å². The van der Waals surface area contributed by atoms with Crippen LogP contribution < -0.4 is 4.74 Å². The number of carbonyl (C=O) groups excluding carboxylic acids is 1. The number of aldehydes is 1. The summed E-state index contributed by atoms with van der Waals surface area (Å²) in [5.41, 5.74) is -1.98. The lowest BCUT2D eigenvalue weighted by Crippen LogP contribution is -2.19. The van der Waals surface area contributed by atoms with Crippen molar-refractivity contribution >= 4 is 22.2 Å². The van der Waals surface area contributed by atoms with E-state index in [0.29, 0.717) is 6.07 Å². The number of pyridine rings is 1. The number of carbonyl (C=O) groups is 1. The average molecular weight is 334 g/mol. The second kappa shape index (κ2) is 5.59. The summed E-state index contributed by atoms with van der Waals surface area (Å²) in [7, 11) is 0. The third-order valence-electron chi connectivity index (χ3n) is 1.80. The fourth-order valence-corrected chi connectivity index (χ4v) is 1.48. The summed E-state index contributed by atoms with van der Waals surface area (Å²) in [5, 5.41) is -0.00836. The third-order valence-corrected chi connectivity index (χ3v) is 2.37. The van der Waals surface area contributed by atoms with Gasteiger partial charge in [0.05, 0.1) is 11.3 Å². The second-order valence-corrected chi connectivity index (χ2v) is 3.57. The van der Waals surface area contributed by atoms with Crippen molar-refractivity contribution in [3.8, 4) is 5.75 Å². The number of hydrogen-bond acceptors (Lipinski definition) is 3. The molecule has 0 unspecified atom stereocenters. The van der Waals surface area contributed by atoms with Crippen LogP contribution in [0.25, 0.3) is 0 Å². The summed E-state index contributed by atoms with van der Waals surface area (Å²) in [6.45, 7) is 0. The van der Waals surface area contributed by atoms with Crippen molar-refractivity contribution in [3.05, 3.63) is 23.0 Å². The Bertz CT molecular complexity index is 449. The van der Waals surface area contributed by atoms with Gasteiger partial charge in [-0.15, -0.1) is 13.2 Å². The van der Waals surface area contributed by atoms with Crippen molar-refractivity contribution in [1.29, 1.82) is 0 Å². The first kappa shape index (κ1) is 14.8. The molecule has 100 valence electrons. The van der Waals surface area contributed by atoms with Gasteiger partial charge in [0.2, 0.25) is 0 Å². The molecule has 1 rings (SSSR count). The van der Waals surface area contributed by atoms with Crippen LogP contribution in [0.1, 0.15) is 28.2 Å². The molecule has 1 aromatic rings. The van der Waals surface area contributed by atoms with Crippen LogP contribution in [0.3, 0.4) is 0 Å². The highest BCUT2D eigenvalue weighted by atomic mass is 79.9. The molecular weight excluding hydrogens is 329 g/mol. The topological polar surface area (TPSA) is 39.2 Å². The highest BCUT2D eigenvalue weighted by Crippen LogP contribution is 2.35. The summed E-state index contributed by atoms with van der Waals surface area (Å²) >= 11 is 2.89. The minimum Gasteiger partial charge on any atom is -0.405 e. The van der Waals surface area contributed by atoms with Gasteiger partial charge in [0.1, 0.15) is 11.4 Å². The lowest BCUT2D eigenvalue weighted by Gasteiger charge is -2.14.